The molecular weight excluding hydrogens is 226 g/mol. The Bertz CT molecular complexity index is 229. The SMILES string of the molecule is C[C@@H]1CCCCN1C[C@H](O)CN1CCCNCC1. The average Bonchev–Trinajstić information content (AvgIpc) is 2.61. The van der Waals surface area contributed by atoms with Crippen LogP contribution in [-0.2, 0) is 0 Å². The molecule has 106 valence electrons. The van der Waals surface area contributed by atoms with Crippen molar-refractivity contribution in [1.29, 1.82) is 0 Å². The minimum Gasteiger partial charge on any atom is -0.390 e. The fourth-order valence-electron chi connectivity index (χ4n) is 3.14. The van der Waals surface area contributed by atoms with Crippen molar-refractivity contribution >= 4 is 0 Å². The molecule has 0 aromatic carbocycles. The van der Waals surface area contributed by atoms with Crippen molar-refractivity contribution in [2.45, 2.75) is 44.8 Å². The third kappa shape index (κ3) is 4.50. The second kappa shape index (κ2) is 7.43. The van der Waals surface area contributed by atoms with Crippen LogP contribution < -0.4 is 5.32 Å². The number of rotatable bonds is 4. The summed E-state index contributed by atoms with van der Waals surface area (Å²) >= 11 is 0. The maximum atomic E-state index is 10.3. The minimum absolute atomic E-state index is 0.191. The first-order valence-corrected chi connectivity index (χ1v) is 7.61. The van der Waals surface area contributed by atoms with Gasteiger partial charge in [0.1, 0.15) is 0 Å². The predicted molar refractivity (Wildman–Crippen MR) is 74.8 cm³/mol. The molecule has 2 fully saturated rings. The van der Waals surface area contributed by atoms with Crippen LogP contribution in [0.2, 0.25) is 0 Å². The highest BCUT2D eigenvalue weighted by atomic mass is 16.3. The molecule has 0 amide bonds. The van der Waals surface area contributed by atoms with Gasteiger partial charge in [-0.05, 0) is 45.8 Å². The summed E-state index contributed by atoms with van der Waals surface area (Å²) in [5, 5.41) is 13.7. The van der Waals surface area contributed by atoms with Gasteiger partial charge in [-0.3, -0.25) is 9.80 Å². The number of hydrogen-bond donors (Lipinski definition) is 2. The highest BCUT2D eigenvalue weighted by Gasteiger charge is 2.22. The van der Waals surface area contributed by atoms with Gasteiger partial charge in [0.05, 0.1) is 6.10 Å². The van der Waals surface area contributed by atoms with E-state index in [0.717, 1.165) is 39.3 Å². The van der Waals surface area contributed by atoms with Crippen LogP contribution >= 0.6 is 0 Å². The van der Waals surface area contributed by atoms with Crippen LogP contribution in [0.5, 0.6) is 0 Å². The van der Waals surface area contributed by atoms with Gasteiger partial charge in [-0.15, -0.1) is 0 Å². The molecule has 2 N–H and O–H groups in total. The molecule has 2 rings (SSSR count). The number of hydrogen-bond acceptors (Lipinski definition) is 4. The van der Waals surface area contributed by atoms with Crippen molar-refractivity contribution in [3.05, 3.63) is 0 Å². The van der Waals surface area contributed by atoms with Crippen LogP contribution in [0.1, 0.15) is 32.6 Å². The molecule has 0 spiro atoms. The van der Waals surface area contributed by atoms with E-state index < -0.39 is 0 Å². The van der Waals surface area contributed by atoms with Crippen LogP contribution in [-0.4, -0.2) is 72.9 Å². The van der Waals surface area contributed by atoms with Crippen molar-refractivity contribution in [2.24, 2.45) is 0 Å². The zero-order valence-electron chi connectivity index (χ0n) is 11.8. The number of nitrogens with zero attached hydrogens (tertiary/aromatic N) is 2. The fourth-order valence-corrected chi connectivity index (χ4v) is 3.14. The summed E-state index contributed by atoms with van der Waals surface area (Å²) in [5.41, 5.74) is 0. The Morgan fingerprint density at radius 1 is 1.11 bits per heavy atom. The Hall–Kier alpha value is -0.160. The molecule has 0 aromatic rings. The summed E-state index contributed by atoms with van der Waals surface area (Å²) in [6.45, 7) is 9.53. The lowest BCUT2D eigenvalue weighted by Gasteiger charge is -2.35. The van der Waals surface area contributed by atoms with Crippen LogP contribution in [0.4, 0.5) is 0 Å². The molecule has 0 aromatic heterocycles. The standard InChI is InChI=1S/C14H29N3O/c1-13-5-2-3-9-17(13)12-14(18)11-16-8-4-6-15-7-10-16/h13-15,18H,2-12H2,1H3/t13-,14-/m1/s1. The van der Waals surface area contributed by atoms with Gasteiger partial charge in [0.15, 0.2) is 0 Å². The van der Waals surface area contributed by atoms with E-state index in [-0.39, 0.29) is 6.10 Å². The van der Waals surface area contributed by atoms with Crippen LogP contribution in [0, 0.1) is 0 Å². The van der Waals surface area contributed by atoms with Crippen molar-refractivity contribution in [2.75, 3.05) is 45.8 Å². The van der Waals surface area contributed by atoms with Crippen molar-refractivity contribution in [3.63, 3.8) is 0 Å². The normalized spacial score (nSPS) is 30.0. The first-order chi connectivity index (χ1) is 8.75. The van der Waals surface area contributed by atoms with E-state index >= 15 is 0 Å². The number of piperidine rings is 1. The number of aliphatic hydroxyl groups is 1. The van der Waals surface area contributed by atoms with Crippen LogP contribution in [0.3, 0.4) is 0 Å². The van der Waals surface area contributed by atoms with Crippen molar-refractivity contribution in [3.8, 4) is 0 Å². The monoisotopic (exact) mass is 255 g/mol. The highest BCUT2D eigenvalue weighted by molar-refractivity contribution is 4.78. The highest BCUT2D eigenvalue weighted by Crippen LogP contribution is 2.16. The Morgan fingerprint density at radius 3 is 2.83 bits per heavy atom. The lowest BCUT2D eigenvalue weighted by atomic mass is 10.0. The van der Waals surface area contributed by atoms with E-state index in [1.807, 2.05) is 0 Å². The van der Waals surface area contributed by atoms with E-state index in [1.54, 1.807) is 0 Å². The fraction of sp³-hybridized carbons (Fsp3) is 1.00. The van der Waals surface area contributed by atoms with Crippen molar-refractivity contribution < 1.29 is 5.11 Å². The Labute approximate surface area is 111 Å². The Morgan fingerprint density at radius 2 is 2.00 bits per heavy atom. The van der Waals surface area contributed by atoms with Crippen molar-refractivity contribution in [1.82, 2.24) is 15.1 Å². The van der Waals surface area contributed by atoms with Crippen LogP contribution in [0.25, 0.3) is 0 Å². The minimum atomic E-state index is -0.191. The topological polar surface area (TPSA) is 38.7 Å². The largest absolute Gasteiger partial charge is 0.390 e. The average molecular weight is 255 g/mol. The molecule has 4 nitrogen and oxygen atoms in total. The summed E-state index contributed by atoms with van der Waals surface area (Å²) in [4.78, 5) is 4.86. The summed E-state index contributed by atoms with van der Waals surface area (Å²) in [6.07, 6.45) is 4.95. The molecule has 2 saturated heterocycles. The number of β-amino-alcohol motifs (C(OH)–C–C–N with tert-alkyl or cyclic N) is 1. The van der Waals surface area contributed by atoms with Gasteiger partial charge in [-0.1, -0.05) is 6.42 Å². The summed E-state index contributed by atoms with van der Waals surface area (Å²) in [6, 6.07) is 0.652. The molecule has 2 aliphatic rings. The Balaban J connectivity index is 1.71. The third-order valence-electron chi connectivity index (χ3n) is 4.29. The summed E-state index contributed by atoms with van der Waals surface area (Å²) in [5.74, 6) is 0. The molecule has 0 bridgehead atoms. The zero-order valence-corrected chi connectivity index (χ0v) is 11.8. The van der Waals surface area contributed by atoms with E-state index in [9.17, 15) is 5.11 Å². The maximum Gasteiger partial charge on any atom is 0.0793 e. The molecule has 18 heavy (non-hydrogen) atoms. The third-order valence-corrected chi connectivity index (χ3v) is 4.29. The van der Waals surface area contributed by atoms with Gasteiger partial charge >= 0.3 is 0 Å². The molecule has 2 heterocycles. The van der Waals surface area contributed by atoms with Gasteiger partial charge in [-0.25, -0.2) is 0 Å². The quantitative estimate of drug-likeness (QED) is 0.768. The lowest BCUT2D eigenvalue weighted by Crippen LogP contribution is -2.46. The molecule has 2 atom stereocenters. The molecule has 0 aliphatic carbocycles. The lowest BCUT2D eigenvalue weighted by molar-refractivity contribution is 0.0498. The van der Waals surface area contributed by atoms with Gasteiger partial charge in [-0.2, -0.15) is 0 Å². The Kier molecular flexibility index (Phi) is 5.89. The van der Waals surface area contributed by atoms with E-state index in [2.05, 4.69) is 22.0 Å². The van der Waals surface area contributed by atoms with E-state index in [4.69, 9.17) is 0 Å². The first kappa shape index (κ1) is 14.3. The van der Waals surface area contributed by atoms with Gasteiger partial charge in [0.2, 0.25) is 0 Å². The van der Waals surface area contributed by atoms with Gasteiger partial charge < -0.3 is 10.4 Å². The molecule has 2 aliphatic heterocycles. The smallest absolute Gasteiger partial charge is 0.0793 e. The zero-order chi connectivity index (χ0) is 12.8. The summed E-state index contributed by atoms with van der Waals surface area (Å²) < 4.78 is 0. The molecule has 0 saturated carbocycles. The number of aliphatic hydroxyl groups excluding tert-OH is 1. The maximum absolute atomic E-state index is 10.3. The predicted octanol–water partition coefficient (Wildman–Crippen LogP) is 0.517. The molecule has 0 radical (unpaired) electrons. The number of nitrogens with one attached hydrogen (secondary N) is 1. The number of likely N-dealkylation sites (tertiary alicyclic amines) is 1. The first-order valence-electron chi connectivity index (χ1n) is 7.61. The van der Waals surface area contributed by atoms with Gasteiger partial charge in [0, 0.05) is 32.2 Å². The second-order valence-electron chi connectivity index (χ2n) is 5.90. The molecular formula is C14H29N3O. The summed E-state index contributed by atoms with van der Waals surface area (Å²) in [7, 11) is 0. The molecule has 4 heteroatoms. The van der Waals surface area contributed by atoms with Crippen LogP contribution in [0.15, 0.2) is 0 Å². The molecule has 0 unspecified atom stereocenters. The van der Waals surface area contributed by atoms with E-state index in [1.165, 1.54) is 32.2 Å². The van der Waals surface area contributed by atoms with E-state index in [0.29, 0.717) is 6.04 Å². The second-order valence-corrected chi connectivity index (χ2v) is 5.90. The van der Waals surface area contributed by atoms with Gasteiger partial charge in [0.25, 0.3) is 0 Å².